The number of amidine groups is 2. The number of hydrogen-bond acceptors (Lipinski definition) is 5. The first-order valence-electron chi connectivity index (χ1n) is 8.91. The minimum Gasteiger partial charge on any atom is -0.335 e. The highest BCUT2D eigenvalue weighted by Crippen LogP contribution is 2.36. The van der Waals surface area contributed by atoms with Crippen LogP contribution in [0.25, 0.3) is 0 Å². The van der Waals surface area contributed by atoms with Gasteiger partial charge < -0.3 is 10.2 Å². The number of rotatable bonds is 4. The molecule has 0 radical (unpaired) electrons. The molecule has 27 heavy (non-hydrogen) atoms. The Labute approximate surface area is 168 Å². The molecule has 2 aliphatic rings. The lowest BCUT2D eigenvalue weighted by atomic mass is 10.1. The van der Waals surface area contributed by atoms with Crippen LogP contribution >= 0.6 is 23.5 Å². The summed E-state index contributed by atoms with van der Waals surface area (Å²) in [7, 11) is 0. The standard InChI is InChI=1S/C21H22N4S2/c1-21(2)15-25-18(14-27-20(25)24-21)13-26-19(22-16-9-5-3-6-10-16)23-17-11-7-4-8-12-17/h3-12,14H,13,15H2,1-2H3,(H,22,23). The third-order valence-electron chi connectivity index (χ3n) is 4.19. The van der Waals surface area contributed by atoms with Gasteiger partial charge in [0, 0.05) is 23.7 Å². The fourth-order valence-corrected chi connectivity index (χ4v) is 4.97. The first kappa shape index (κ1) is 18.2. The highest BCUT2D eigenvalue weighted by atomic mass is 32.2. The molecule has 2 heterocycles. The summed E-state index contributed by atoms with van der Waals surface area (Å²) < 4.78 is 0. The molecule has 0 atom stereocenters. The largest absolute Gasteiger partial charge is 0.335 e. The summed E-state index contributed by atoms with van der Waals surface area (Å²) in [6, 6.07) is 20.2. The van der Waals surface area contributed by atoms with Gasteiger partial charge in [-0.05, 0) is 43.5 Å². The molecule has 138 valence electrons. The van der Waals surface area contributed by atoms with Gasteiger partial charge in [0.25, 0.3) is 0 Å². The fraction of sp³-hybridized carbons (Fsp3) is 0.238. The van der Waals surface area contributed by atoms with E-state index in [1.165, 1.54) is 5.70 Å². The average molecular weight is 395 g/mol. The lowest BCUT2D eigenvalue weighted by Crippen LogP contribution is -2.29. The second-order valence-electron chi connectivity index (χ2n) is 7.05. The number of nitrogens with one attached hydrogen (secondary N) is 1. The van der Waals surface area contributed by atoms with Crippen LogP contribution in [0.15, 0.2) is 81.8 Å². The molecule has 0 amide bonds. The van der Waals surface area contributed by atoms with E-state index in [4.69, 9.17) is 9.98 Å². The van der Waals surface area contributed by atoms with Gasteiger partial charge in [-0.3, -0.25) is 4.99 Å². The predicted octanol–water partition coefficient (Wildman–Crippen LogP) is 5.56. The zero-order valence-corrected chi connectivity index (χ0v) is 17.1. The summed E-state index contributed by atoms with van der Waals surface area (Å²) in [6.45, 7) is 5.31. The molecular formula is C21H22N4S2. The van der Waals surface area contributed by atoms with Crippen molar-refractivity contribution in [1.29, 1.82) is 0 Å². The number of anilines is 1. The maximum absolute atomic E-state index is 4.81. The molecule has 0 aromatic heterocycles. The van der Waals surface area contributed by atoms with Crippen LogP contribution in [0, 0.1) is 0 Å². The Morgan fingerprint density at radius 2 is 1.85 bits per heavy atom. The summed E-state index contributed by atoms with van der Waals surface area (Å²) in [5.41, 5.74) is 3.28. The van der Waals surface area contributed by atoms with Crippen LogP contribution in [0.3, 0.4) is 0 Å². The normalized spacial score (nSPS) is 18.1. The molecule has 0 unspecified atom stereocenters. The molecule has 0 spiro atoms. The Morgan fingerprint density at radius 1 is 1.15 bits per heavy atom. The van der Waals surface area contributed by atoms with Crippen molar-refractivity contribution in [2.24, 2.45) is 9.98 Å². The summed E-state index contributed by atoms with van der Waals surface area (Å²) in [6.07, 6.45) is 0. The van der Waals surface area contributed by atoms with Crippen molar-refractivity contribution in [2.45, 2.75) is 19.4 Å². The Balaban J connectivity index is 1.48. The van der Waals surface area contributed by atoms with Gasteiger partial charge in [-0.25, -0.2) is 4.99 Å². The molecule has 0 saturated carbocycles. The summed E-state index contributed by atoms with van der Waals surface area (Å²) in [4.78, 5) is 11.9. The minimum absolute atomic E-state index is 0.00421. The molecule has 1 N–H and O–H groups in total. The molecule has 6 heteroatoms. The highest BCUT2D eigenvalue weighted by molar-refractivity contribution is 8.17. The Hall–Kier alpha value is -2.18. The minimum atomic E-state index is -0.00421. The van der Waals surface area contributed by atoms with Crippen LogP contribution in [0.5, 0.6) is 0 Å². The third kappa shape index (κ3) is 4.57. The molecular weight excluding hydrogens is 372 g/mol. The van der Waals surface area contributed by atoms with Gasteiger partial charge in [-0.15, -0.1) is 0 Å². The molecule has 4 nitrogen and oxygen atoms in total. The average Bonchev–Trinajstić information content (AvgIpc) is 3.16. The van der Waals surface area contributed by atoms with Crippen molar-refractivity contribution in [3.63, 3.8) is 0 Å². The van der Waals surface area contributed by atoms with Gasteiger partial charge in [0.2, 0.25) is 0 Å². The van der Waals surface area contributed by atoms with Crippen LogP contribution in [0.2, 0.25) is 0 Å². The van der Waals surface area contributed by atoms with Crippen molar-refractivity contribution in [1.82, 2.24) is 4.90 Å². The molecule has 2 aromatic rings. The molecule has 2 aliphatic heterocycles. The number of fused-ring (bicyclic) bond motifs is 1. The number of para-hydroxylation sites is 2. The summed E-state index contributed by atoms with van der Waals surface area (Å²) >= 11 is 3.44. The maximum Gasteiger partial charge on any atom is 0.168 e. The Bertz CT molecular complexity index is 889. The van der Waals surface area contributed by atoms with Crippen LogP contribution in [-0.4, -0.2) is 33.1 Å². The van der Waals surface area contributed by atoms with E-state index in [2.05, 4.69) is 41.6 Å². The fourth-order valence-electron chi connectivity index (χ4n) is 2.92. The Morgan fingerprint density at radius 3 is 2.59 bits per heavy atom. The molecule has 0 bridgehead atoms. The van der Waals surface area contributed by atoms with E-state index in [0.717, 1.165) is 34.0 Å². The number of thioether (sulfide) groups is 2. The first-order chi connectivity index (χ1) is 13.1. The van der Waals surface area contributed by atoms with E-state index in [1.807, 2.05) is 48.5 Å². The van der Waals surface area contributed by atoms with Gasteiger partial charge in [0.15, 0.2) is 10.3 Å². The molecule has 0 saturated heterocycles. The number of nitrogens with zero attached hydrogens (tertiary/aromatic N) is 3. The predicted molar refractivity (Wildman–Crippen MR) is 120 cm³/mol. The van der Waals surface area contributed by atoms with E-state index >= 15 is 0 Å². The second kappa shape index (κ2) is 7.82. The third-order valence-corrected chi connectivity index (χ3v) is 6.01. The van der Waals surface area contributed by atoms with Crippen LogP contribution in [0.1, 0.15) is 13.8 Å². The van der Waals surface area contributed by atoms with Gasteiger partial charge in [0.05, 0.1) is 11.2 Å². The quantitative estimate of drug-likeness (QED) is 0.544. The van der Waals surface area contributed by atoms with Gasteiger partial charge >= 0.3 is 0 Å². The van der Waals surface area contributed by atoms with Crippen molar-refractivity contribution < 1.29 is 0 Å². The zero-order valence-electron chi connectivity index (χ0n) is 15.4. The van der Waals surface area contributed by atoms with Gasteiger partial charge in [0.1, 0.15) is 0 Å². The van der Waals surface area contributed by atoms with Crippen LogP contribution in [0.4, 0.5) is 11.4 Å². The SMILES string of the molecule is CC1(C)CN2C(CSC(=Nc3ccccc3)Nc3ccccc3)=CSC2=N1. The number of benzene rings is 2. The molecule has 0 aliphatic carbocycles. The van der Waals surface area contributed by atoms with Gasteiger partial charge in [-0.2, -0.15) is 0 Å². The smallest absolute Gasteiger partial charge is 0.168 e. The van der Waals surface area contributed by atoms with E-state index in [9.17, 15) is 0 Å². The lowest BCUT2D eigenvalue weighted by molar-refractivity contribution is 0.436. The first-order valence-corrected chi connectivity index (χ1v) is 10.8. The van der Waals surface area contributed by atoms with Crippen molar-refractivity contribution in [3.8, 4) is 0 Å². The van der Waals surface area contributed by atoms with Crippen LogP contribution < -0.4 is 5.32 Å². The molecule has 2 aromatic carbocycles. The van der Waals surface area contributed by atoms with Crippen molar-refractivity contribution in [2.75, 3.05) is 17.6 Å². The lowest BCUT2D eigenvalue weighted by Gasteiger charge is -2.21. The van der Waals surface area contributed by atoms with Gasteiger partial charge in [-0.1, -0.05) is 59.9 Å². The summed E-state index contributed by atoms with van der Waals surface area (Å²) in [5.74, 6) is 0.855. The maximum atomic E-state index is 4.81. The topological polar surface area (TPSA) is 40.0 Å². The van der Waals surface area contributed by atoms with Crippen molar-refractivity contribution in [3.05, 3.63) is 71.8 Å². The summed E-state index contributed by atoms with van der Waals surface area (Å²) in [5, 5.41) is 7.68. The van der Waals surface area contributed by atoms with Crippen LogP contribution in [-0.2, 0) is 0 Å². The Kier molecular flexibility index (Phi) is 5.27. The van der Waals surface area contributed by atoms with E-state index in [-0.39, 0.29) is 5.54 Å². The van der Waals surface area contributed by atoms with E-state index < -0.39 is 0 Å². The molecule has 0 fully saturated rings. The molecule has 4 rings (SSSR count). The highest BCUT2D eigenvalue weighted by Gasteiger charge is 2.36. The van der Waals surface area contributed by atoms with E-state index in [0.29, 0.717) is 0 Å². The zero-order chi connectivity index (χ0) is 18.7. The van der Waals surface area contributed by atoms with Crippen molar-refractivity contribution >= 4 is 45.2 Å². The number of hydrogen-bond donors (Lipinski definition) is 1. The van der Waals surface area contributed by atoms with E-state index in [1.54, 1.807) is 23.5 Å². The number of aliphatic imine (C=N–C) groups is 2. The monoisotopic (exact) mass is 394 g/mol. The second-order valence-corrected chi connectivity index (χ2v) is 8.85.